The molecular formula is C62H42BF2N3. The molecule has 6 heteroatoms. The largest absolute Gasteiger partial charge is 0.311 e. The summed E-state index contributed by atoms with van der Waals surface area (Å²) in [5.41, 5.74) is 17.9. The molecule has 3 aliphatic heterocycles. The van der Waals surface area contributed by atoms with Crippen molar-refractivity contribution in [2.24, 2.45) is 0 Å². The molecule has 3 heterocycles. The molecule has 0 saturated carbocycles. The predicted molar refractivity (Wildman–Crippen MR) is 278 cm³/mol. The minimum Gasteiger partial charge on any atom is -0.311 e. The Bertz CT molecular complexity index is 3390. The lowest BCUT2D eigenvalue weighted by Crippen LogP contribution is -2.67. The van der Waals surface area contributed by atoms with Crippen molar-refractivity contribution >= 4 is 74.3 Å². The molecule has 0 amide bonds. The van der Waals surface area contributed by atoms with Crippen molar-refractivity contribution < 1.29 is 8.78 Å². The second-order valence-corrected chi connectivity index (χ2v) is 18.0. The van der Waals surface area contributed by atoms with Gasteiger partial charge in [-0.25, -0.2) is 8.78 Å². The molecule has 0 bridgehead atoms. The summed E-state index contributed by atoms with van der Waals surface area (Å²) in [6, 6.07) is 80.5. The van der Waals surface area contributed by atoms with Crippen molar-refractivity contribution in [1.82, 2.24) is 0 Å². The average molecular weight is 878 g/mol. The van der Waals surface area contributed by atoms with Gasteiger partial charge in [-0.2, -0.15) is 0 Å². The molecule has 3 nitrogen and oxygen atoms in total. The summed E-state index contributed by atoms with van der Waals surface area (Å²) in [6.07, 6.45) is 0. The maximum atomic E-state index is 16.3. The Morgan fingerprint density at radius 2 is 0.735 bits per heavy atom. The fourth-order valence-electron chi connectivity index (χ4n) is 11.6. The Morgan fingerprint density at radius 1 is 0.353 bits per heavy atom. The first-order valence-corrected chi connectivity index (χ1v) is 23.2. The molecule has 10 aromatic rings. The van der Waals surface area contributed by atoms with Crippen molar-refractivity contribution in [2.45, 2.75) is 12.3 Å². The highest BCUT2D eigenvalue weighted by Gasteiger charge is 2.53. The summed E-state index contributed by atoms with van der Waals surface area (Å²) in [5.74, 6) is -0.572. The van der Waals surface area contributed by atoms with Gasteiger partial charge in [0.25, 0.3) is 6.71 Å². The van der Waals surface area contributed by atoms with Crippen LogP contribution >= 0.6 is 0 Å². The van der Waals surface area contributed by atoms with E-state index < -0.39 is 5.41 Å². The summed E-state index contributed by atoms with van der Waals surface area (Å²) in [7, 11) is 0. The zero-order valence-corrected chi connectivity index (χ0v) is 37.2. The van der Waals surface area contributed by atoms with E-state index in [1.165, 1.54) is 39.7 Å². The van der Waals surface area contributed by atoms with Gasteiger partial charge in [0.05, 0.1) is 17.1 Å². The number of nitrogens with zero attached hydrogens (tertiary/aromatic N) is 3. The maximum absolute atomic E-state index is 16.3. The quantitative estimate of drug-likeness (QED) is 0.141. The first-order chi connectivity index (χ1) is 33.5. The Morgan fingerprint density at radius 3 is 1.19 bits per heavy atom. The van der Waals surface area contributed by atoms with Gasteiger partial charge >= 0.3 is 0 Å². The lowest BCUT2D eigenvalue weighted by atomic mass is 9.28. The van der Waals surface area contributed by atoms with Gasteiger partial charge < -0.3 is 14.7 Å². The number of anilines is 9. The first kappa shape index (κ1) is 39.9. The van der Waals surface area contributed by atoms with Crippen LogP contribution in [0.5, 0.6) is 0 Å². The van der Waals surface area contributed by atoms with E-state index in [9.17, 15) is 0 Å². The van der Waals surface area contributed by atoms with Gasteiger partial charge in [-0.1, -0.05) is 164 Å². The Hall–Kier alpha value is -8.48. The van der Waals surface area contributed by atoms with Gasteiger partial charge in [0.1, 0.15) is 11.6 Å². The van der Waals surface area contributed by atoms with Gasteiger partial charge in [0.2, 0.25) is 0 Å². The SMILES string of the molecule is CC1(c2ccccc2)c2cccc3c2B2c4c(cc(N(c5ccccc5)c5ccccc5)cc4N(c4ccccc4-c4ccccc4F)c4cccc1c42)N3c1ccccc1-c1ccccc1F. The van der Waals surface area contributed by atoms with Crippen LogP contribution in [0.4, 0.5) is 60.0 Å². The van der Waals surface area contributed by atoms with Crippen molar-refractivity contribution in [1.29, 1.82) is 0 Å². The van der Waals surface area contributed by atoms with Gasteiger partial charge in [-0.05, 0) is 113 Å². The van der Waals surface area contributed by atoms with E-state index in [0.29, 0.717) is 11.1 Å². The number of benzene rings is 10. The highest BCUT2D eigenvalue weighted by Crippen LogP contribution is 2.54. The normalized spacial score (nSPS) is 13.5. The number of hydrogen-bond donors (Lipinski definition) is 0. The zero-order valence-electron chi connectivity index (χ0n) is 37.2. The van der Waals surface area contributed by atoms with Gasteiger partial charge in [0, 0.05) is 61.8 Å². The lowest BCUT2D eigenvalue weighted by Gasteiger charge is -2.51. The summed E-state index contributed by atoms with van der Waals surface area (Å²) < 4.78 is 32.5. The molecule has 68 heavy (non-hydrogen) atoms. The van der Waals surface area contributed by atoms with E-state index in [4.69, 9.17) is 0 Å². The number of rotatable bonds is 8. The van der Waals surface area contributed by atoms with E-state index in [2.05, 4.69) is 173 Å². The van der Waals surface area contributed by atoms with Crippen molar-refractivity contribution in [2.75, 3.05) is 14.7 Å². The van der Waals surface area contributed by atoms with E-state index in [1.54, 1.807) is 12.1 Å². The van der Waals surface area contributed by atoms with Crippen LogP contribution in [0.1, 0.15) is 23.6 Å². The summed E-state index contributed by atoms with van der Waals surface area (Å²) >= 11 is 0. The van der Waals surface area contributed by atoms with Gasteiger partial charge in [-0.15, -0.1) is 0 Å². The topological polar surface area (TPSA) is 9.72 Å². The minimum atomic E-state index is -0.575. The van der Waals surface area contributed by atoms with Crippen LogP contribution in [-0.4, -0.2) is 6.71 Å². The van der Waals surface area contributed by atoms with Crippen molar-refractivity contribution in [3.05, 3.63) is 265 Å². The standard InChI is InChI=1S/C62H42BF2N3/c1-62(41-21-5-2-6-22-41)49-31-19-37-55-59(49)63-60-50(62)32-20-38-56(60)68(54-36-18-14-30-48(54)46-28-12-16-34-52(46)65)58-40-44(66(42-23-7-3-8-24-42)43-25-9-4-10-26-43)39-57(61(58)63)67(55)53-35-17-13-29-47(53)45-27-11-15-33-51(45)64/h2-40H,1H3. The molecule has 322 valence electrons. The van der Waals surface area contributed by atoms with Gasteiger partial charge in [0.15, 0.2) is 0 Å². The Kier molecular flexibility index (Phi) is 9.13. The van der Waals surface area contributed by atoms with Crippen molar-refractivity contribution in [3.63, 3.8) is 0 Å². The molecule has 13 rings (SSSR count). The minimum absolute atomic E-state index is 0.182. The van der Waals surface area contributed by atoms with Crippen LogP contribution in [0.2, 0.25) is 0 Å². The average Bonchev–Trinajstić information content (AvgIpc) is 3.39. The molecule has 0 fully saturated rings. The third kappa shape index (κ3) is 5.83. The maximum Gasteiger partial charge on any atom is 0.252 e. The van der Waals surface area contributed by atoms with Crippen LogP contribution in [0.15, 0.2) is 237 Å². The van der Waals surface area contributed by atoms with Crippen LogP contribution in [0, 0.1) is 11.6 Å². The molecule has 0 radical (unpaired) electrons. The third-order valence-corrected chi connectivity index (χ3v) is 14.5. The third-order valence-electron chi connectivity index (χ3n) is 14.5. The highest BCUT2D eigenvalue weighted by atomic mass is 19.1. The summed E-state index contributed by atoms with van der Waals surface area (Å²) in [4.78, 5) is 7.09. The predicted octanol–water partition coefficient (Wildman–Crippen LogP) is 14.5. The second kappa shape index (κ2) is 15.6. The molecule has 0 aromatic heterocycles. The monoisotopic (exact) mass is 877 g/mol. The van der Waals surface area contributed by atoms with E-state index >= 15 is 8.78 Å². The molecule has 0 spiro atoms. The van der Waals surface area contributed by atoms with Crippen LogP contribution in [0.25, 0.3) is 22.3 Å². The summed E-state index contributed by atoms with van der Waals surface area (Å²) in [6.45, 7) is 2.18. The Labute approximate surface area is 395 Å². The second-order valence-electron chi connectivity index (χ2n) is 18.0. The van der Waals surface area contributed by atoms with Crippen LogP contribution in [-0.2, 0) is 5.41 Å². The van der Waals surface area contributed by atoms with E-state index in [-0.39, 0.29) is 18.3 Å². The number of hydrogen-bond acceptors (Lipinski definition) is 3. The lowest BCUT2D eigenvalue weighted by molar-refractivity contribution is 0.631. The van der Waals surface area contributed by atoms with E-state index in [1.807, 2.05) is 60.7 Å². The fraction of sp³-hybridized carbons (Fsp3) is 0.0323. The summed E-state index contributed by atoms with van der Waals surface area (Å²) in [5, 5.41) is 0. The molecule has 0 N–H and O–H groups in total. The molecule has 10 aromatic carbocycles. The van der Waals surface area contributed by atoms with Gasteiger partial charge in [-0.3, -0.25) is 0 Å². The van der Waals surface area contributed by atoms with Crippen molar-refractivity contribution in [3.8, 4) is 22.3 Å². The Balaban J connectivity index is 1.21. The fourth-order valence-corrected chi connectivity index (χ4v) is 11.6. The van der Waals surface area contributed by atoms with E-state index in [0.717, 1.165) is 67.8 Å². The molecule has 0 unspecified atom stereocenters. The van der Waals surface area contributed by atoms with Crippen LogP contribution < -0.4 is 31.1 Å². The molecule has 3 aliphatic rings. The number of para-hydroxylation sites is 4. The number of halogens is 2. The first-order valence-electron chi connectivity index (χ1n) is 23.2. The smallest absolute Gasteiger partial charge is 0.252 e. The molecule has 0 atom stereocenters. The molecule has 0 aliphatic carbocycles. The molecular weight excluding hydrogens is 836 g/mol. The highest BCUT2D eigenvalue weighted by molar-refractivity contribution is 7.01. The molecule has 0 saturated heterocycles. The zero-order chi connectivity index (χ0) is 45.5. The van der Waals surface area contributed by atoms with Crippen LogP contribution in [0.3, 0.4) is 0 Å².